The van der Waals surface area contributed by atoms with E-state index < -0.39 is 0 Å². The van der Waals surface area contributed by atoms with Gasteiger partial charge in [-0.15, -0.1) is 0 Å². The normalized spacial score (nSPS) is 10.4. The Bertz CT molecular complexity index is 564. The van der Waals surface area contributed by atoms with Gasteiger partial charge in [-0.1, -0.05) is 38.0 Å². The molecule has 0 radical (unpaired) electrons. The van der Waals surface area contributed by atoms with Crippen LogP contribution in [0.25, 0.3) is 0 Å². The highest BCUT2D eigenvalue weighted by Crippen LogP contribution is 2.25. The van der Waals surface area contributed by atoms with Crippen LogP contribution in [0.3, 0.4) is 0 Å². The van der Waals surface area contributed by atoms with Crippen LogP contribution in [0.4, 0.5) is 17.3 Å². The highest BCUT2D eigenvalue weighted by atomic mass is 15.1. The zero-order valence-electron chi connectivity index (χ0n) is 13.1. The molecular weight excluding hydrogens is 260 g/mol. The number of aryl methyl sites for hydroxylation is 1. The topological polar surface area (TPSA) is 49.8 Å². The molecule has 0 saturated carbocycles. The van der Waals surface area contributed by atoms with Gasteiger partial charge in [0.25, 0.3) is 0 Å². The second-order valence-electron chi connectivity index (χ2n) is 5.22. The first-order chi connectivity index (χ1) is 10.2. The first-order valence-corrected chi connectivity index (χ1v) is 7.66. The molecular formula is C17H24N4. The van der Waals surface area contributed by atoms with Crippen molar-refractivity contribution in [3.63, 3.8) is 0 Å². The van der Waals surface area contributed by atoms with E-state index in [0.29, 0.717) is 0 Å². The summed E-state index contributed by atoms with van der Waals surface area (Å²) in [6.07, 6.45) is 4.72. The highest BCUT2D eigenvalue weighted by molar-refractivity contribution is 5.65. The van der Waals surface area contributed by atoms with Crippen LogP contribution >= 0.6 is 0 Å². The third-order valence-electron chi connectivity index (χ3n) is 3.30. The van der Waals surface area contributed by atoms with Gasteiger partial charge in [-0.05, 0) is 31.9 Å². The Balaban J connectivity index is 2.26. The zero-order chi connectivity index (χ0) is 15.1. The second kappa shape index (κ2) is 7.62. The lowest BCUT2D eigenvalue weighted by Crippen LogP contribution is -2.09. The van der Waals surface area contributed by atoms with Crippen molar-refractivity contribution in [2.24, 2.45) is 0 Å². The minimum Gasteiger partial charge on any atom is -0.370 e. The lowest BCUT2D eigenvalue weighted by Gasteiger charge is -2.15. The summed E-state index contributed by atoms with van der Waals surface area (Å²) in [6, 6.07) is 8.34. The summed E-state index contributed by atoms with van der Waals surface area (Å²) in [4.78, 5) is 8.81. The van der Waals surface area contributed by atoms with Crippen molar-refractivity contribution in [2.75, 3.05) is 17.2 Å². The quantitative estimate of drug-likeness (QED) is 0.795. The predicted octanol–water partition coefficient (Wildman–Crippen LogP) is 4.30. The van der Waals surface area contributed by atoms with Gasteiger partial charge in [0.15, 0.2) is 0 Å². The minimum atomic E-state index is 0.898. The van der Waals surface area contributed by atoms with Gasteiger partial charge < -0.3 is 10.6 Å². The third kappa shape index (κ3) is 4.18. The Labute approximate surface area is 127 Å². The first kappa shape index (κ1) is 15.3. The van der Waals surface area contributed by atoms with Gasteiger partial charge >= 0.3 is 0 Å². The zero-order valence-corrected chi connectivity index (χ0v) is 13.1. The molecule has 1 aromatic heterocycles. The van der Waals surface area contributed by atoms with Gasteiger partial charge in [-0.3, -0.25) is 0 Å². The van der Waals surface area contributed by atoms with E-state index in [9.17, 15) is 0 Å². The van der Waals surface area contributed by atoms with Crippen LogP contribution in [0.2, 0.25) is 0 Å². The van der Waals surface area contributed by atoms with Gasteiger partial charge in [-0.2, -0.15) is 0 Å². The summed E-state index contributed by atoms with van der Waals surface area (Å²) in [5.41, 5.74) is 3.47. The minimum absolute atomic E-state index is 0.898. The second-order valence-corrected chi connectivity index (χ2v) is 5.22. The molecule has 0 atom stereocenters. The molecule has 4 heteroatoms. The summed E-state index contributed by atoms with van der Waals surface area (Å²) < 4.78 is 0. The molecule has 1 aromatic carbocycles. The van der Waals surface area contributed by atoms with Crippen molar-refractivity contribution in [3.8, 4) is 0 Å². The van der Waals surface area contributed by atoms with E-state index in [4.69, 9.17) is 0 Å². The molecule has 0 aliphatic carbocycles. The third-order valence-corrected chi connectivity index (χ3v) is 3.30. The van der Waals surface area contributed by atoms with Crippen LogP contribution in [0.15, 0.2) is 30.6 Å². The number of anilines is 3. The van der Waals surface area contributed by atoms with Crippen LogP contribution in [-0.2, 0) is 6.42 Å². The van der Waals surface area contributed by atoms with E-state index in [2.05, 4.69) is 65.6 Å². The Kier molecular flexibility index (Phi) is 5.55. The van der Waals surface area contributed by atoms with Crippen LogP contribution in [0, 0.1) is 6.92 Å². The van der Waals surface area contributed by atoms with Crippen LogP contribution in [0.1, 0.15) is 37.8 Å². The summed E-state index contributed by atoms with van der Waals surface area (Å²) in [5.74, 6) is 1.85. The molecule has 0 aliphatic rings. The van der Waals surface area contributed by atoms with E-state index in [1.165, 1.54) is 5.56 Å². The molecule has 21 heavy (non-hydrogen) atoms. The monoisotopic (exact) mass is 284 g/mol. The largest absolute Gasteiger partial charge is 0.370 e. The molecule has 0 spiro atoms. The standard InChI is InChI=1S/C17H24N4/c1-4-6-15-16(18-11-5-2)19-12-20-17(15)21-14-9-7-13(3)8-10-14/h7-10,12H,4-6,11H2,1-3H3,(H2,18,19,20,21). The number of hydrogen-bond donors (Lipinski definition) is 2. The number of nitrogens with zero attached hydrogens (tertiary/aromatic N) is 2. The molecule has 2 N–H and O–H groups in total. The Hall–Kier alpha value is -2.10. The van der Waals surface area contributed by atoms with E-state index in [0.717, 1.165) is 48.7 Å². The lowest BCUT2D eigenvalue weighted by molar-refractivity contribution is 0.892. The van der Waals surface area contributed by atoms with E-state index in [1.807, 2.05) is 0 Å². The van der Waals surface area contributed by atoms with Crippen molar-refractivity contribution < 1.29 is 0 Å². The molecule has 4 nitrogen and oxygen atoms in total. The summed E-state index contributed by atoms with van der Waals surface area (Å²) in [7, 11) is 0. The molecule has 0 saturated heterocycles. The van der Waals surface area contributed by atoms with Crippen molar-refractivity contribution in [3.05, 3.63) is 41.7 Å². The average Bonchev–Trinajstić information content (AvgIpc) is 2.50. The number of benzene rings is 1. The Morgan fingerprint density at radius 1 is 0.952 bits per heavy atom. The van der Waals surface area contributed by atoms with Crippen molar-refractivity contribution in [1.82, 2.24) is 9.97 Å². The van der Waals surface area contributed by atoms with Crippen LogP contribution in [0.5, 0.6) is 0 Å². The van der Waals surface area contributed by atoms with E-state index in [1.54, 1.807) is 6.33 Å². The van der Waals surface area contributed by atoms with Gasteiger partial charge in [0.1, 0.15) is 18.0 Å². The fraction of sp³-hybridized carbons (Fsp3) is 0.412. The first-order valence-electron chi connectivity index (χ1n) is 7.66. The molecule has 2 aromatic rings. The molecule has 1 heterocycles. The number of hydrogen-bond acceptors (Lipinski definition) is 4. The number of nitrogens with one attached hydrogen (secondary N) is 2. The molecule has 0 aliphatic heterocycles. The van der Waals surface area contributed by atoms with Crippen LogP contribution < -0.4 is 10.6 Å². The van der Waals surface area contributed by atoms with Crippen molar-refractivity contribution in [1.29, 1.82) is 0 Å². The summed E-state index contributed by atoms with van der Waals surface area (Å²) in [5, 5.41) is 6.80. The van der Waals surface area contributed by atoms with Gasteiger partial charge in [0.2, 0.25) is 0 Å². The smallest absolute Gasteiger partial charge is 0.139 e. The maximum absolute atomic E-state index is 4.42. The molecule has 0 fully saturated rings. The molecule has 2 rings (SSSR count). The molecule has 0 amide bonds. The van der Waals surface area contributed by atoms with Crippen molar-refractivity contribution in [2.45, 2.75) is 40.0 Å². The summed E-state index contributed by atoms with van der Waals surface area (Å²) >= 11 is 0. The fourth-order valence-corrected chi connectivity index (χ4v) is 2.18. The maximum atomic E-state index is 4.42. The SMILES string of the molecule is CCCNc1ncnc(Nc2ccc(C)cc2)c1CCC. The number of rotatable bonds is 7. The van der Waals surface area contributed by atoms with Gasteiger partial charge in [0, 0.05) is 17.8 Å². The predicted molar refractivity (Wildman–Crippen MR) is 89.3 cm³/mol. The van der Waals surface area contributed by atoms with E-state index in [-0.39, 0.29) is 0 Å². The molecule has 112 valence electrons. The van der Waals surface area contributed by atoms with Crippen molar-refractivity contribution >= 4 is 17.3 Å². The Morgan fingerprint density at radius 3 is 2.33 bits per heavy atom. The number of aromatic nitrogens is 2. The molecule has 0 bridgehead atoms. The van der Waals surface area contributed by atoms with Gasteiger partial charge in [0.05, 0.1) is 0 Å². The average molecular weight is 284 g/mol. The van der Waals surface area contributed by atoms with Gasteiger partial charge in [-0.25, -0.2) is 9.97 Å². The lowest BCUT2D eigenvalue weighted by atomic mass is 10.1. The molecule has 0 unspecified atom stereocenters. The van der Waals surface area contributed by atoms with E-state index >= 15 is 0 Å². The maximum Gasteiger partial charge on any atom is 0.139 e. The highest BCUT2D eigenvalue weighted by Gasteiger charge is 2.10. The summed E-state index contributed by atoms with van der Waals surface area (Å²) in [6.45, 7) is 7.34. The Morgan fingerprint density at radius 2 is 1.67 bits per heavy atom. The van der Waals surface area contributed by atoms with Crippen LogP contribution in [-0.4, -0.2) is 16.5 Å². The fourth-order valence-electron chi connectivity index (χ4n) is 2.18.